The first-order chi connectivity index (χ1) is 5.61. The van der Waals surface area contributed by atoms with Crippen molar-refractivity contribution < 1.29 is 20.1 Å². The van der Waals surface area contributed by atoms with Crippen LogP contribution in [0.4, 0.5) is 0 Å². The van der Waals surface area contributed by atoms with Gasteiger partial charge in [0.1, 0.15) is 0 Å². The number of carbonyl (C=O) groups is 1. The molecule has 0 saturated heterocycles. The zero-order valence-electron chi connectivity index (χ0n) is 6.01. The number of aromatic carboxylic acids is 1. The minimum atomic E-state index is -1.66. The number of rotatable bonds is 2. The van der Waals surface area contributed by atoms with Crippen LogP contribution in [0.25, 0.3) is 0 Å². The van der Waals surface area contributed by atoms with Crippen molar-refractivity contribution in [2.75, 3.05) is 0 Å². The Bertz CT molecular complexity index is 280. The van der Waals surface area contributed by atoms with Crippen molar-refractivity contribution in [1.29, 1.82) is 0 Å². The first-order valence-corrected chi connectivity index (χ1v) is 3.16. The number of carboxylic acid groups (broad SMARTS) is 1. The summed E-state index contributed by atoms with van der Waals surface area (Å²) in [7, 11) is 0. The Kier molecular flexibility index (Phi) is 2.37. The molecule has 1 aromatic heterocycles. The molecule has 0 saturated carbocycles. The van der Waals surface area contributed by atoms with Crippen LogP contribution in [0, 0.1) is 0 Å². The molecule has 0 fully saturated rings. The van der Waals surface area contributed by atoms with Crippen LogP contribution in [-0.2, 0) is 0 Å². The highest BCUT2D eigenvalue weighted by atomic mass is 16.5. The van der Waals surface area contributed by atoms with Crippen molar-refractivity contribution in [1.82, 2.24) is 4.98 Å². The van der Waals surface area contributed by atoms with Crippen LogP contribution in [0.2, 0.25) is 0 Å². The lowest BCUT2D eigenvalue weighted by atomic mass is 10.2. The van der Waals surface area contributed by atoms with Crippen molar-refractivity contribution in [2.24, 2.45) is 0 Å². The molecule has 0 bridgehead atoms. The Morgan fingerprint density at radius 2 is 2.08 bits per heavy atom. The summed E-state index contributed by atoms with van der Waals surface area (Å²) < 4.78 is 0. The monoisotopic (exact) mass is 169 g/mol. The molecule has 0 radical (unpaired) electrons. The maximum absolute atomic E-state index is 10.3. The van der Waals surface area contributed by atoms with Crippen molar-refractivity contribution >= 4 is 5.97 Å². The average molecular weight is 169 g/mol. The Morgan fingerprint density at radius 3 is 2.42 bits per heavy atom. The molecule has 1 heterocycles. The first-order valence-electron chi connectivity index (χ1n) is 3.16. The topological polar surface area (TPSA) is 90.7 Å². The largest absolute Gasteiger partial charge is 0.478 e. The lowest BCUT2D eigenvalue weighted by Crippen LogP contribution is -2.02. The van der Waals surface area contributed by atoms with Gasteiger partial charge >= 0.3 is 5.97 Å². The molecule has 3 N–H and O–H groups in total. The molecule has 1 rings (SSSR count). The summed E-state index contributed by atoms with van der Waals surface area (Å²) in [6.45, 7) is 0. The molecule has 0 aliphatic rings. The second-order valence-electron chi connectivity index (χ2n) is 2.15. The quantitative estimate of drug-likeness (QED) is 0.531. The van der Waals surface area contributed by atoms with Crippen LogP contribution >= 0.6 is 0 Å². The molecule has 0 atom stereocenters. The average Bonchev–Trinajstić information content (AvgIpc) is 2.04. The van der Waals surface area contributed by atoms with Crippen molar-refractivity contribution in [3.05, 3.63) is 29.6 Å². The van der Waals surface area contributed by atoms with Crippen LogP contribution in [0.15, 0.2) is 18.3 Å². The van der Waals surface area contributed by atoms with E-state index in [1.807, 2.05) is 0 Å². The lowest BCUT2D eigenvalue weighted by molar-refractivity contribution is -0.0458. The number of hydrogen-bond donors (Lipinski definition) is 3. The highest BCUT2D eigenvalue weighted by Crippen LogP contribution is 2.06. The molecule has 0 aliphatic carbocycles. The Hall–Kier alpha value is -1.46. The second-order valence-corrected chi connectivity index (χ2v) is 2.15. The summed E-state index contributed by atoms with van der Waals surface area (Å²) in [5, 5.41) is 25.6. The third-order valence-electron chi connectivity index (χ3n) is 1.30. The van der Waals surface area contributed by atoms with Crippen molar-refractivity contribution in [2.45, 2.75) is 6.29 Å². The number of aromatic nitrogens is 1. The van der Waals surface area contributed by atoms with Gasteiger partial charge in [0.15, 0.2) is 6.29 Å². The van der Waals surface area contributed by atoms with Gasteiger partial charge in [0.25, 0.3) is 0 Å². The van der Waals surface area contributed by atoms with E-state index in [1.165, 1.54) is 12.1 Å². The highest BCUT2D eigenvalue weighted by molar-refractivity contribution is 5.87. The second kappa shape index (κ2) is 3.29. The number of pyridine rings is 1. The molecule has 0 aromatic carbocycles. The maximum Gasteiger partial charge on any atom is 0.337 e. The predicted octanol–water partition coefficient (Wildman–Crippen LogP) is -0.237. The summed E-state index contributed by atoms with van der Waals surface area (Å²) in [6.07, 6.45) is -0.593. The summed E-state index contributed by atoms with van der Waals surface area (Å²) in [4.78, 5) is 13.8. The molecule has 5 nitrogen and oxygen atoms in total. The van der Waals surface area contributed by atoms with Crippen LogP contribution < -0.4 is 0 Å². The van der Waals surface area contributed by atoms with Crippen LogP contribution in [-0.4, -0.2) is 26.3 Å². The van der Waals surface area contributed by atoms with E-state index in [4.69, 9.17) is 15.3 Å². The third-order valence-corrected chi connectivity index (χ3v) is 1.30. The number of aliphatic hydroxyl groups is 2. The molecule has 5 heteroatoms. The molecular weight excluding hydrogens is 162 g/mol. The zero-order valence-corrected chi connectivity index (χ0v) is 6.01. The van der Waals surface area contributed by atoms with E-state index in [9.17, 15) is 4.79 Å². The maximum atomic E-state index is 10.3. The van der Waals surface area contributed by atoms with Gasteiger partial charge in [-0.25, -0.2) is 4.79 Å². The minimum absolute atomic E-state index is 0.0133. The summed E-state index contributed by atoms with van der Waals surface area (Å²) in [6, 6.07) is 2.50. The first kappa shape index (κ1) is 8.63. The molecule has 0 spiro atoms. The van der Waals surface area contributed by atoms with Crippen molar-refractivity contribution in [3.63, 3.8) is 0 Å². The fourth-order valence-corrected chi connectivity index (χ4v) is 0.685. The van der Waals surface area contributed by atoms with E-state index in [0.717, 1.165) is 6.20 Å². The molecule has 0 unspecified atom stereocenters. The standard InChI is InChI=1S/C7H7NO4/c9-6(10)4-1-2-5(7(11)12)8-3-4/h1-3,7,11-12H,(H,9,10). The van der Waals surface area contributed by atoms with E-state index < -0.39 is 12.3 Å². The van der Waals surface area contributed by atoms with Crippen LogP contribution in [0.1, 0.15) is 22.3 Å². The molecular formula is C7H7NO4. The van der Waals surface area contributed by atoms with Gasteiger partial charge in [-0.05, 0) is 12.1 Å². The number of nitrogens with zero attached hydrogens (tertiary/aromatic N) is 1. The van der Waals surface area contributed by atoms with Crippen molar-refractivity contribution in [3.8, 4) is 0 Å². The molecule has 0 aliphatic heterocycles. The fraction of sp³-hybridized carbons (Fsp3) is 0.143. The Morgan fingerprint density at radius 1 is 1.42 bits per heavy atom. The third kappa shape index (κ3) is 1.77. The van der Waals surface area contributed by atoms with E-state index in [1.54, 1.807) is 0 Å². The van der Waals surface area contributed by atoms with Gasteiger partial charge < -0.3 is 15.3 Å². The zero-order chi connectivity index (χ0) is 9.14. The summed E-state index contributed by atoms with van der Waals surface area (Å²) in [5.41, 5.74) is 0.0411. The Labute approximate surface area is 67.9 Å². The SMILES string of the molecule is O=C(O)c1ccc(C(O)O)nc1. The van der Waals surface area contributed by atoms with E-state index in [-0.39, 0.29) is 11.3 Å². The molecule has 0 amide bonds. The fourth-order valence-electron chi connectivity index (χ4n) is 0.685. The van der Waals surface area contributed by atoms with Crippen LogP contribution in [0.3, 0.4) is 0 Å². The van der Waals surface area contributed by atoms with Gasteiger partial charge in [-0.1, -0.05) is 0 Å². The van der Waals surface area contributed by atoms with E-state index in [0.29, 0.717) is 0 Å². The highest BCUT2D eigenvalue weighted by Gasteiger charge is 2.06. The molecule has 12 heavy (non-hydrogen) atoms. The smallest absolute Gasteiger partial charge is 0.337 e. The van der Waals surface area contributed by atoms with Crippen LogP contribution in [0.5, 0.6) is 0 Å². The van der Waals surface area contributed by atoms with Gasteiger partial charge in [0.2, 0.25) is 0 Å². The summed E-state index contributed by atoms with van der Waals surface area (Å²) in [5.74, 6) is -1.10. The Balaban J connectivity index is 2.93. The number of aliphatic hydroxyl groups excluding tert-OH is 1. The van der Waals surface area contributed by atoms with Gasteiger partial charge in [0, 0.05) is 6.20 Å². The lowest BCUT2D eigenvalue weighted by Gasteiger charge is -2.01. The predicted molar refractivity (Wildman–Crippen MR) is 38.4 cm³/mol. The van der Waals surface area contributed by atoms with E-state index >= 15 is 0 Å². The van der Waals surface area contributed by atoms with Gasteiger partial charge in [-0.15, -0.1) is 0 Å². The van der Waals surface area contributed by atoms with E-state index in [2.05, 4.69) is 4.98 Å². The molecule has 64 valence electrons. The van der Waals surface area contributed by atoms with Gasteiger partial charge in [-0.2, -0.15) is 0 Å². The minimum Gasteiger partial charge on any atom is -0.478 e. The number of carboxylic acids is 1. The summed E-state index contributed by atoms with van der Waals surface area (Å²) >= 11 is 0. The van der Waals surface area contributed by atoms with Gasteiger partial charge in [0.05, 0.1) is 11.3 Å². The van der Waals surface area contributed by atoms with Gasteiger partial charge in [-0.3, -0.25) is 4.98 Å². The molecule has 1 aromatic rings. The normalized spacial score (nSPS) is 10.2. The number of hydrogen-bond acceptors (Lipinski definition) is 4.